The maximum atomic E-state index is 12.7. The van der Waals surface area contributed by atoms with Gasteiger partial charge in [0, 0.05) is 12.1 Å². The number of thioether (sulfide) groups is 1. The molecule has 8 heteroatoms. The van der Waals surface area contributed by atoms with Gasteiger partial charge in [-0.1, -0.05) is 55.4 Å². The number of carbonyl (C=O) groups is 1. The van der Waals surface area contributed by atoms with Crippen molar-refractivity contribution in [3.05, 3.63) is 38.8 Å². The van der Waals surface area contributed by atoms with Gasteiger partial charge in [-0.15, -0.1) is 0 Å². The summed E-state index contributed by atoms with van der Waals surface area (Å²) < 4.78 is 0.535. The fourth-order valence-corrected chi connectivity index (χ4v) is 4.45. The SMILES string of the molecule is O=C1/C(=C\c2ccc([O-])c([N+](=O)[O-])c2)SC(=S)N1C1CCCCC1. The quantitative estimate of drug-likeness (QED) is 0.355. The van der Waals surface area contributed by atoms with E-state index in [1.165, 1.54) is 30.3 Å². The molecule has 126 valence electrons. The van der Waals surface area contributed by atoms with Crippen LogP contribution in [0.3, 0.4) is 0 Å². The van der Waals surface area contributed by atoms with Crippen LogP contribution in [0.15, 0.2) is 23.1 Å². The first kappa shape index (κ1) is 16.9. The van der Waals surface area contributed by atoms with Gasteiger partial charge in [0.25, 0.3) is 11.6 Å². The molecule has 3 rings (SSSR count). The summed E-state index contributed by atoms with van der Waals surface area (Å²) >= 11 is 6.56. The second-order valence-corrected chi connectivity index (χ2v) is 7.50. The van der Waals surface area contributed by atoms with Crippen LogP contribution in [0.2, 0.25) is 0 Å². The van der Waals surface area contributed by atoms with Crippen molar-refractivity contribution in [2.45, 2.75) is 38.1 Å². The number of carbonyl (C=O) groups excluding carboxylic acids is 1. The highest BCUT2D eigenvalue weighted by Gasteiger charge is 2.37. The number of thiocarbonyl (C=S) groups is 1. The van der Waals surface area contributed by atoms with Gasteiger partial charge < -0.3 is 5.11 Å². The van der Waals surface area contributed by atoms with E-state index in [0.29, 0.717) is 14.8 Å². The lowest BCUT2D eigenvalue weighted by atomic mass is 9.94. The number of benzene rings is 1. The number of nitro groups is 1. The largest absolute Gasteiger partial charge is 0.868 e. The normalized spacial score (nSPS) is 20.8. The summed E-state index contributed by atoms with van der Waals surface area (Å²) in [6, 6.07) is 3.96. The fourth-order valence-electron chi connectivity index (χ4n) is 3.05. The highest BCUT2D eigenvalue weighted by molar-refractivity contribution is 8.26. The fraction of sp³-hybridized carbons (Fsp3) is 0.375. The molecule has 6 nitrogen and oxygen atoms in total. The molecular formula is C16H15N2O4S2-. The Hall–Kier alpha value is -1.93. The summed E-state index contributed by atoms with van der Waals surface area (Å²) in [6.45, 7) is 0. The van der Waals surface area contributed by atoms with Gasteiger partial charge in [0.05, 0.1) is 9.83 Å². The molecular weight excluding hydrogens is 348 g/mol. The van der Waals surface area contributed by atoms with E-state index in [1.807, 2.05) is 0 Å². The third-order valence-electron chi connectivity index (χ3n) is 4.24. The predicted octanol–water partition coefficient (Wildman–Crippen LogP) is 3.20. The highest BCUT2D eigenvalue weighted by Crippen LogP contribution is 2.37. The molecule has 0 aromatic heterocycles. The van der Waals surface area contributed by atoms with E-state index >= 15 is 0 Å². The molecule has 1 saturated carbocycles. The zero-order valence-electron chi connectivity index (χ0n) is 12.8. The highest BCUT2D eigenvalue weighted by atomic mass is 32.2. The Morgan fingerprint density at radius 1 is 1.29 bits per heavy atom. The average molecular weight is 363 g/mol. The van der Waals surface area contributed by atoms with Crippen LogP contribution in [0, 0.1) is 10.1 Å². The molecule has 2 fully saturated rings. The third kappa shape index (κ3) is 3.29. The summed E-state index contributed by atoms with van der Waals surface area (Å²) in [7, 11) is 0. The molecule has 2 aliphatic rings. The van der Waals surface area contributed by atoms with Gasteiger partial charge in [-0.2, -0.15) is 0 Å². The maximum absolute atomic E-state index is 12.7. The first-order valence-electron chi connectivity index (χ1n) is 7.70. The van der Waals surface area contributed by atoms with E-state index in [-0.39, 0.29) is 11.9 Å². The van der Waals surface area contributed by atoms with Gasteiger partial charge in [0.15, 0.2) is 0 Å². The monoisotopic (exact) mass is 363 g/mol. The molecule has 0 bridgehead atoms. The maximum Gasteiger partial charge on any atom is 0.266 e. The van der Waals surface area contributed by atoms with Gasteiger partial charge >= 0.3 is 0 Å². The van der Waals surface area contributed by atoms with Crippen molar-refractivity contribution >= 4 is 46.0 Å². The molecule has 1 aromatic rings. The first-order chi connectivity index (χ1) is 11.5. The Bertz CT molecular complexity index is 742. The minimum Gasteiger partial charge on any atom is -0.868 e. The van der Waals surface area contributed by atoms with Crippen LogP contribution < -0.4 is 5.11 Å². The van der Waals surface area contributed by atoms with Crippen molar-refractivity contribution in [2.24, 2.45) is 0 Å². The summed E-state index contributed by atoms with van der Waals surface area (Å²) in [5.41, 5.74) is -0.0445. The molecule has 24 heavy (non-hydrogen) atoms. The number of nitro benzene ring substituents is 1. The number of amides is 1. The molecule has 0 atom stereocenters. The smallest absolute Gasteiger partial charge is 0.266 e. The Balaban J connectivity index is 1.86. The molecule has 1 saturated heterocycles. The summed E-state index contributed by atoms with van der Waals surface area (Å²) in [5.74, 6) is -0.794. The molecule has 1 aliphatic carbocycles. The van der Waals surface area contributed by atoms with E-state index in [9.17, 15) is 20.0 Å². The molecule has 0 spiro atoms. The number of hydrogen-bond acceptors (Lipinski definition) is 6. The topological polar surface area (TPSA) is 86.5 Å². The van der Waals surface area contributed by atoms with Gasteiger partial charge in [-0.3, -0.25) is 19.8 Å². The van der Waals surface area contributed by atoms with Crippen molar-refractivity contribution in [1.29, 1.82) is 0 Å². The van der Waals surface area contributed by atoms with Gasteiger partial charge in [0.2, 0.25) is 0 Å². The molecule has 1 aliphatic heterocycles. The van der Waals surface area contributed by atoms with E-state index in [0.717, 1.165) is 31.7 Å². The summed E-state index contributed by atoms with van der Waals surface area (Å²) in [4.78, 5) is 24.9. The number of hydrogen-bond donors (Lipinski definition) is 0. The number of rotatable bonds is 3. The third-order valence-corrected chi connectivity index (χ3v) is 5.57. The lowest BCUT2D eigenvalue weighted by Crippen LogP contribution is -2.39. The molecule has 1 aromatic carbocycles. The van der Waals surface area contributed by atoms with Crippen molar-refractivity contribution in [1.82, 2.24) is 4.90 Å². The van der Waals surface area contributed by atoms with Crippen molar-refractivity contribution in [2.75, 3.05) is 0 Å². The van der Waals surface area contributed by atoms with Crippen LogP contribution in [0.4, 0.5) is 5.69 Å². The second-order valence-electron chi connectivity index (χ2n) is 5.83. The lowest BCUT2D eigenvalue weighted by molar-refractivity contribution is -0.398. The second kappa shape index (κ2) is 6.90. The Labute approximate surface area is 148 Å². The minimum atomic E-state index is -0.715. The van der Waals surface area contributed by atoms with Crippen LogP contribution in [0.1, 0.15) is 37.7 Å². The standard InChI is InChI=1S/C16H16N2O4S2/c19-13-7-6-10(8-12(13)18(21)22)9-14-15(20)17(16(23)24-14)11-4-2-1-3-5-11/h6-9,11,19H,1-5H2/p-1/b14-9+. The van der Waals surface area contributed by atoms with E-state index < -0.39 is 16.4 Å². The lowest BCUT2D eigenvalue weighted by Gasteiger charge is -2.29. The van der Waals surface area contributed by atoms with E-state index in [2.05, 4.69) is 0 Å². The molecule has 1 amide bonds. The Morgan fingerprint density at radius 2 is 2.00 bits per heavy atom. The summed E-state index contributed by atoms with van der Waals surface area (Å²) in [6.07, 6.45) is 6.85. The average Bonchev–Trinajstić information content (AvgIpc) is 2.83. The Morgan fingerprint density at radius 3 is 2.67 bits per heavy atom. The summed E-state index contributed by atoms with van der Waals surface area (Å²) in [5, 5.41) is 22.3. The number of nitrogens with zero attached hydrogens (tertiary/aromatic N) is 2. The Kier molecular flexibility index (Phi) is 4.86. The van der Waals surface area contributed by atoms with E-state index in [1.54, 1.807) is 11.0 Å². The van der Waals surface area contributed by atoms with E-state index in [4.69, 9.17) is 12.2 Å². The van der Waals surface area contributed by atoms with Crippen LogP contribution >= 0.6 is 24.0 Å². The predicted molar refractivity (Wildman–Crippen MR) is 94.4 cm³/mol. The van der Waals surface area contributed by atoms with Crippen LogP contribution in [-0.2, 0) is 4.79 Å². The zero-order chi connectivity index (χ0) is 17.3. The molecule has 0 unspecified atom stereocenters. The van der Waals surface area contributed by atoms with Crippen molar-refractivity contribution in [3.63, 3.8) is 0 Å². The van der Waals surface area contributed by atoms with Gasteiger partial charge in [-0.05, 0) is 30.2 Å². The van der Waals surface area contributed by atoms with Crippen LogP contribution in [0.25, 0.3) is 6.08 Å². The minimum absolute atomic E-state index is 0.147. The van der Waals surface area contributed by atoms with Crippen molar-refractivity contribution < 1.29 is 14.8 Å². The van der Waals surface area contributed by atoms with Gasteiger partial charge in [0.1, 0.15) is 4.32 Å². The molecule has 0 N–H and O–H groups in total. The van der Waals surface area contributed by atoms with Crippen LogP contribution in [0.5, 0.6) is 5.75 Å². The van der Waals surface area contributed by atoms with Crippen molar-refractivity contribution in [3.8, 4) is 5.75 Å². The van der Waals surface area contributed by atoms with Crippen LogP contribution in [-0.4, -0.2) is 26.1 Å². The first-order valence-corrected chi connectivity index (χ1v) is 8.92. The zero-order valence-corrected chi connectivity index (χ0v) is 14.4. The molecule has 0 radical (unpaired) electrons. The van der Waals surface area contributed by atoms with Gasteiger partial charge in [-0.25, -0.2) is 0 Å². The molecule has 1 heterocycles.